The molecule has 82 valence electrons. The zero-order chi connectivity index (χ0) is 11.4. The minimum Gasteiger partial charge on any atom is -0.463 e. The number of fused-ring (bicyclic) bond motifs is 1. The van der Waals surface area contributed by atoms with Crippen molar-refractivity contribution in [3.63, 3.8) is 0 Å². The van der Waals surface area contributed by atoms with Gasteiger partial charge in [0.15, 0.2) is 0 Å². The van der Waals surface area contributed by atoms with Crippen LogP contribution < -0.4 is 0 Å². The van der Waals surface area contributed by atoms with Gasteiger partial charge in [-0.1, -0.05) is 6.08 Å². The molecule has 16 heavy (non-hydrogen) atoms. The first-order valence-corrected chi connectivity index (χ1v) is 5.16. The number of hydrogen-bond donors (Lipinski definition) is 0. The second-order valence-electron chi connectivity index (χ2n) is 3.39. The van der Waals surface area contributed by atoms with E-state index in [-0.39, 0.29) is 5.97 Å². The average molecular weight is 216 g/mol. The largest absolute Gasteiger partial charge is 0.463 e. The maximum atomic E-state index is 11.5. The van der Waals surface area contributed by atoms with Crippen LogP contribution in [0.1, 0.15) is 13.3 Å². The fraction of sp³-hybridized carbons (Fsp3) is 0.250. The van der Waals surface area contributed by atoms with Gasteiger partial charge in [-0.25, -0.2) is 4.79 Å². The highest BCUT2D eigenvalue weighted by Gasteiger charge is 2.18. The third-order valence-electron chi connectivity index (χ3n) is 2.31. The van der Waals surface area contributed by atoms with Crippen LogP contribution in [0.4, 0.5) is 0 Å². The average Bonchev–Trinajstić information content (AvgIpc) is 2.53. The van der Waals surface area contributed by atoms with E-state index >= 15 is 0 Å². The fourth-order valence-corrected chi connectivity index (χ4v) is 1.54. The molecule has 4 nitrogen and oxygen atoms in total. The normalized spacial score (nSPS) is 17.9. The van der Waals surface area contributed by atoms with E-state index in [1.165, 1.54) is 0 Å². The van der Waals surface area contributed by atoms with Gasteiger partial charge in [0, 0.05) is 18.2 Å². The molecule has 0 aromatic carbocycles. The molecule has 1 aliphatic carbocycles. The molecule has 0 unspecified atom stereocenters. The first kappa shape index (κ1) is 10.5. The van der Waals surface area contributed by atoms with E-state index in [2.05, 4.69) is 10.2 Å². The summed E-state index contributed by atoms with van der Waals surface area (Å²) in [5.41, 5.74) is 2.45. The number of rotatable bonds is 2. The van der Waals surface area contributed by atoms with E-state index in [0.717, 1.165) is 11.3 Å². The summed E-state index contributed by atoms with van der Waals surface area (Å²) in [7, 11) is 0. The standard InChI is InChI=1S/C12H12N2O2/c1-2-16-12(15)10-5-6-11-9(8-10)4-3-7-13-14-11/h3-7H,2,8H2,1H3. The molecule has 0 saturated heterocycles. The number of allylic oxidation sites excluding steroid dienone is 5. The molecule has 0 bridgehead atoms. The van der Waals surface area contributed by atoms with Gasteiger partial charge in [0.2, 0.25) is 0 Å². The van der Waals surface area contributed by atoms with Crippen molar-refractivity contribution in [2.45, 2.75) is 13.3 Å². The predicted molar refractivity (Wildman–Crippen MR) is 59.5 cm³/mol. The summed E-state index contributed by atoms with van der Waals surface area (Å²) in [6.45, 7) is 2.19. The highest BCUT2D eigenvalue weighted by atomic mass is 16.5. The number of hydrogen-bond acceptors (Lipinski definition) is 4. The number of carbonyl (C=O) groups is 1. The molecule has 2 aliphatic rings. The number of esters is 1. The number of ether oxygens (including phenoxy) is 1. The number of nitrogens with zero attached hydrogens (tertiary/aromatic N) is 2. The van der Waals surface area contributed by atoms with Gasteiger partial charge in [-0.05, 0) is 30.7 Å². The summed E-state index contributed by atoms with van der Waals surface area (Å²) < 4.78 is 4.96. The van der Waals surface area contributed by atoms with Gasteiger partial charge >= 0.3 is 5.97 Å². The van der Waals surface area contributed by atoms with Gasteiger partial charge in [0.25, 0.3) is 0 Å². The lowest BCUT2D eigenvalue weighted by Gasteiger charge is -2.13. The molecule has 0 aromatic rings. The summed E-state index contributed by atoms with van der Waals surface area (Å²) in [5.74, 6) is -0.260. The van der Waals surface area contributed by atoms with E-state index in [1.807, 2.05) is 12.2 Å². The molecule has 1 heterocycles. The Morgan fingerprint density at radius 1 is 1.44 bits per heavy atom. The molecule has 0 spiro atoms. The topological polar surface area (TPSA) is 51.0 Å². The lowest BCUT2D eigenvalue weighted by molar-refractivity contribution is -0.138. The lowest BCUT2D eigenvalue weighted by atomic mass is 9.97. The number of azo groups is 1. The highest BCUT2D eigenvalue weighted by Crippen LogP contribution is 2.27. The van der Waals surface area contributed by atoms with Crippen molar-refractivity contribution in [2.75, 3.05) is 6.61 Å². The summed E-state index contributed by atoms with van der Waals surface area (Å²) in [6.07, 6.45) is 9.43. The molecule has 0 N–H and O–H groups in total. The minimum absolute atomic E-state index is 0.260. The lowest BCUT2D eigenvalue weighted by Crippen LogP contribution is -2.10. The van der Waals surface area contributed by atoms with E-state index < -0.39 is 0 Å². The second-order valence-corrected chi connectivity index (χ2v) is 3.39. The van der Waals surface area contributed by atoms with Crippen LogP contribution in [0.25, 0.3) is 0 Å². The second kappa shape index (κ2) is 4.70. The SMILES string of the molecule is CCOC(=O)C1=CC=C2N=NC=CC=C2C1. The summed E-state index contributed by atoms with van der Waals surface area (Å²) >= 11 is 0. The van der Waals surface area contributed by atoms with E-state index in [1.54, 1.807) is 25.3 Å². The Bertz CT molecular complexity index is 454. The van der Waals surface area contributed by atoms with Crippen LogP contribution in [0.3, 0.4) is 0 Å². The van der Waals surface area contributed by atoms with Crippen molar-refractivity contribution in [1.82, 2.24) is 0 Å². The Morgan fingerprint density at radius 2 is 2.31 bits per heavy atom. The Morgan fingerprint density at radius 3 is 3.12 bits per heavy atom. The quantitative estimate of drug-likeness (QED) is 0.666. The summed E-state index contributed by atoms with van der Waals surface area (Å²) in [4.78, 5) is 11.5. The van der Waals surface area contributed by atoms with Gasteiger partial charge < -0.3 is 4.74 Å². The molecule has 0 aromatic heterocycles. The number of carbonyl (C=O) groups excluding carboxylic acids is 1. The Labute approximate surface area is 93.7 Å². The molecular formula is C12H12N2O2. The molecule has 2 rings (SSSR count). The molecule has 1 aliphatic heterocycles. The van der Waals surface area contributed by atoms with Crippen LogP contribution in [0, 0.1) is 0 Å². The molecule has 0 saturated carbocycles. The van der Waals surface area contributed by atoms with Crippen molar-refractivity contribution < 1.29 is 9.53 Å². The predicted octanol–water partition coefficient (Wildman–Crippen LogP) is 2.67. The van der Waals surface area contributed by atoms with E-state index in [9.17, 15) is 4.79 Å². The van der Waals surface area contributed by atoms with Crippen molar-refractivity contribution in [3.8, 4) is 0 Å². The van der Waals surface area contributed by atoms with Crippen molar-refractivity contribution in [2.24, 2.45) is 10.2 Å². The van der Waals surface area contributed by atoms with E-state index in [4.69, 9.17) is 4.74 Å². The van der Waals surface area contributed by atoms with Gasteiger partial charge in [-0.2, -0.15) is 10.2 Å². The van der Waals surface area contributed by atoms with Crippen LogP contribution in [-0.2, 0) is 9.53 Å². The van der Waals surface area contributed by atoms with Crippen molar-refractivity contribution >= 4 is 5.97 Å². The first-order chi connectivity index (χ1) is 7.81. The van der Waals surface area contributed by atoms with Gasteiger partial charge in [0.1, 0.15) is 0 Å². The van der Waals surface area contributed by atoms with Crippen LogP contribution in [0.2, 0.25) is 0 Å². The molecule has 0 fully saturated rings. The van der Waals surface area contributed by atoms with Crippen molar-refractivity contribution in [3.05, 3.63) is 47.3 Å². The third kappa shape index (κ3) is 2.16. The Balaban J connectivity index is 2.23. The van der Waals surface area contributed by atoms with Gasteiger partial charge in [-0.15, -0.1) is 0 Å². The Hall–Kier alpha value is -1.97. The minimum atomic E-state index is -0.260. The molecular weight excluding hydrogens is 204 g/mol. The highest BCUT2D eigenvalue weighted by molar-refractivity contribution is 5.90. The van der Waals surface area contributed by atoms with Gasteiger partial charge in [-0.3, -0.25) is 0 Å². The maximum absolute atomic E-state index is 11.5. The maximum Gasteiger partial charge on any atom is 0.334 e. The first-order valence-electron chi connectivity index (χ1n) is 5.16. The monoisotopic (exact) mass is 216 g/mol. The van der Waals surface area contributed by atoms with Crippen LogP contribution in [0.5, 0.6) is 0 Å². The van der Waals surface area contributed by atoms with Crippen LogP contribution in [0.15, 0.2) is 57.6 Å². The van der Waals surface area contributed by atoms with Crippen LogP contribution in [-0.4, -0.2) is 12.6 Å². The Kier molecular flexibility index (Phi) is 3.10. The molecule has 4 heteroatoms. The zero-order valence-corrected chi connectivity index (χ0v) is 9.01. The molecule has 0 radical (unpaired) electrons. The third-order valence-corrected chi connectivity index (χ3v) is 2.31. The van der Waals surface area contributed by atoms with Crippen molar-refractivity contribution in [1.29, 1.82) is 0 Å². The summed E-state index contributed by atoms with van der Waals surface area (Å²) in [5, 5.41) is 7.86. The zero-order valence-electron chi connectivity index (χ0n) is 9.01. The summed E-state index contributed by atoms with van der Waals surface area (Å²) in [6, 6.07) is 0. The van der Waals surface area contributed by atoms with E-state index in [0.29, 0.717) is 18.6 Å². The molecule has 0 amide bonds. The smallest absolute Gasteiger partial charge is 0.334 e. The van der Waals surface area contributed by atoms with Gasteiger partial charge in [0.05, 0.1) is 12.3 Å². The van der Waals surface area contributed by atoms with Crippen LogP contribution >= 0.6 is 0 Å². The molecule has 0 atom stereocenters. The fourth-order valence-electron chi connectivity index (χ4n) is 1.54.